The zero-order chi connectivity index (χ0) is 29.3. The zero-order valence-corrected chi connectivity index (χ0v) is 24.8. The minimum Gasteiger partial charge on any atom is -0.489 e. The summed E-state index contributed by atoms with van der Waals surface area (Å²) in [4.78, 5) is 29.4. The van der Waals surface area contributed by atoms with Gasteiger partial charge in [0.25, 0.3) is 16.1 Å². The lowest BCUT2D eigenvalue weighted by molar-refractivity contribution is 0.0914. The predicted octanol–water partition coefficient (Wildman–Crippen LogP) is 3.20. The van der Waals surface area contributed by atoms with E-state index in [0.29, 0.717) is 42.4 Å². The van der Waals surface area contributed by atoms with Crippen LogP contribution in [0.25, 0.3) is 10.9 Å². The molecule has 0 radical (unpaired) electrons. The fourth-order valence-corrected chi connectivity index (χ4v) is 8.16. The van der Waals surface area contributed by atoms with Crippen LogP contribution in [-0.4, -0.2) is 70.3 Å². The second-order valence-electron chi connectivity index (χ2n) is 10.7. The minimum absolute atomic E-state index is 0.139. The number of carbonyl (C=O) groups is 1. The van der Waals surface area contributed by atoms with E-state index >= 15 is 0 Å². The van der Waals surface area contributed by atoms with E-state index in [1.165, 1.54) is 8.61 Å². The van der Waals surface area contributed by atoms with Crippen molar-refractivity contribution in [2.75, 3.05) is 26.2 Å². The van der Waals surface area contributed by atoms with Crippen molar-refractivity contribution in [1.82, 2.24) is 29.1 Å². The van der Waals surface area contributed by atoms with Gasteiger partial charge in [-0.1, -0.05) is 29.5 Å². The normalized spacial score (nSPS) is 20.1. The minimum atomic E-state index is -3.62. The Morgan fingerprint density at radius 3 is 2.60 bits per heavy atom. The van der Waals surface area contributed by atoms with Crippen molar-refractivity contribution in [3.8, 4) is 5.75 Å². The molecule has 13 heteroatoms. The van der Waals surface area contributed by atoms with Gasteiger partial charge in [0.2, 0.25) is 0 Å². The molecule has 0 aliphatic carbocycles. The molecule has 2 atom stereocenters. The number of pyridine rings is 1. The second kappa shape index (κ2) is 11.9. The quantitative estimate of drug-likeness (QED) is 0.313. The first-order valence-corrected chi connectivity index (χ1v) is 16.2. The average Bonchev–Trinajstić information content (AvgIpc) is 3.69. The van der Waals surface area contributed by atoms with E-state index < -0.39 is 16.1 Å². The van der Waals surface area contributed by atoms with E-state index in [2.05, 4.69) is 20.5 Å². The molecule has 2 aromatic carbocycles. The van der Waals surface area contributed by atoms with Gasteiger partial charge in [-0.2, -0.15) is 22.1 Å². The van der Waals surface area contributed by atoms with Crippen molar-refractivity contribution in [1.29, 1.82) is 0 Å². The number of fused-ring (bicyclic) bond motifs is 1. The van der Waals surface area contributed by atoms with E-state index in [4.69, 9.17) is 4.74 Å². The SMILES string of the molecule is Cc1cc(COc2ccc(C(=O)NC3CCN(S(=O)(=O)N4CCCC4)CC3c3n[nH]c(=O)s3)cc2)c2ccccc2n1. The topological polar surface area (TPSA) is 138 Å². The lowest BCUT2D eigenvalue weighted by atomic mass is 9.93. The Morgan fingerprint density at radius 1 is 1.10 bits per heavy atom. The molecule has 11 nitrogen and oxygen atoms in total. The predicted molar refractivity (Wildman–Crippen MR) is 160 cm³/mol. The third-order valence-corrected chi connectivity index (χ3v) is 10.7. The van der Waals surface area contributed by atoms with Gasteiger partial charge in [0.05, 0.1) is 5.52 Å². The monoisotopic (exact) mass is 608 g/mol. The highest BCUT2D eigenvalue weighted by atomic mass is 32.2. The fourth-order valence-electron chi connectivity index (χ4n) is 5.67. The third kappa shape index (κ3) is 5.95. The summed E-state index contributed by atoms with van der Waals surface area (Å²) in [6, 6.07) is 16.5. The summed E-state index contributed by atoms with van der Waals surface area (Å²) in [5, 5.41) is 11.2. The van der Waals surface area contributed by atoms with Crippen LogP contribution in [0.3, 0.4) is 0 Å². The molecule has 6 rings (SSSR count). The van der Waals surface area contributed by atoms with Crippen molar-refractivity contribution < 1.29 is 17.9 Å². The Kier molecular flexibility index (Phi) is 8.08. The number of hydrogen-bond acceptors (Lipinski definition) is 8. The molecule has 0 bridgehead atoms. The molecule has 2 N–H and O–H groups in total. The summed E-state index contributed by atoms with van der Waals surface area (Å²) >= 11 is 0.944. The van der Waals surface area contributed by atoms with Crippen LogP contribution in [0.1, 0.15) is 51.8 Å². The van der Waals surface area contributed by atoms with Gasteiger partial charge in [0.15, 0.2) is 0 Å². The molecule has 2 aliphatic rings. The zero-order valence-electron chi connectivity index (χ0n) is 23.2. The summed E-state index contributed by atoms with van der Waals surface area (Å²) in [7, 11) is -3.62. The van der Waals surface area contributed by atoms with Gasteiger partial charge < -0.3 is 10.1 Å². The standard InChI is InChI=1S/C29H32N6O5S2/c1-19-16-21(23-6-2-3-7-25(23)30-19)18-40-22-10-8-20(9-11-22)27(36)31-26-12-15-35(42(38,39)34-13-4-5-14-34)17-24(26)28-32-33-29(37)41-28/h2-3,6-11,16,24,26H,4-5,12-15,17-18H2,1H3,(H,31,36)(H,33,37). The summed E-state index contributed by atoms with van der Waals surface area (Å²) < 4.78 is 35.5. The van der Waals surface area contributed by atoms with Crippen molar-refractivity contribution >= 4 is 38.4 Å². The maximum absolute atomic E-state index is 13.3. The molecular weight excluding hydrogens is 576 g/mol. The van der Waals surface area contributed by atoms with Gasteiger partial charge in [-0.05, 0) is 62.6 Å². The number of aromatic amines is 1. The van der Waals surface area contributed by atoms with Crippen LogP contribution in [-0.2, 0) is 16.8 Å². The third-order valence-electron chi connectivity index (χ3n) is 7.82. The van der Waals surface area contributed by atoms with E-state index in [9.17, 15) is 18.0 Å². The fraction of sp³-hybridized carbons (Fsp3) is 0.379. The van der Waals surface area contributed by atoms with E-state index in [1.54, 1.807) is 24.3 Å². The number of aryl methyl sites for hydroxylation is 1. The number of hydrogen-bond donors (Lipinski definition) is 2. The van der Waals surface area contributed by atoms with Crippen LogP contribution in [0.2, 0.25) is 0 Å². The molecule has 2 unspecified atom stereocenters. The van der Waals surface area contributed by atoms with Crippen molar-refractivity contribution in [3.05, 3.63) is 86.1 Å². The highest BCUT2D eigenvalue weighted by Crippen LogP contribution is 2.31. The number of nitrogens with zero attached hydrogens (tertiary/aromatic N) is 4. The van der Waals surface area contributed by atoms with Gasteiger partial charge in [0.1, 0.15) is 17.4 Å². The lowest BCUT2D eigenvalue weighted by Crippen LogP contribution is -2.53. The number of H-pyrrole nitrogens is 1. The molecular formula is C29H32N6O5S2. The Hall–Kier alpha value is -3.65. The Balaban J connectivity index is 1.13. The number of piperidine rings is 1. The first-order valence-electron chi connectivity index (χ1n) is 14.0. The molecule has 2 aliphatic heterocycles. The number of para-hydroxylation sites is 1. The molecule has 2 fully saturated rings. The summed E-state index contributed by atoms with van der Waals surface area (Å²) in [5.41, 5.74) is 3.32. The number of amides is 1. The van der Waals surface area contributed by atoms with Crippen LogP contribution in [0.4, 0.5) is 0 Å². The largest absolute Gasteiger partial charge is 0.489 e. The molecule has 4 aromatic rings. The number of carbonyl (C=O) groups excluding carboxylic acids is 1. The van der Waals surface area contributed by atoms with E-state index in [1.807, 2.05) is 37.3 Å². The van der Waals surface area contributed by atoms with E-state index in [-0.39, 0.29) is 29.9 Å². The van der Waals surface area contributed by atoms with Gasteiger partial charge in [0, 0.05) is 60.3 Å². The highest BCUT2D eigenvalue weighted by Gasteiger charge is 2.41. The second-order valence-corrected chi connectivity index (χ2v) is 13.6. The molecule has 2 aromatic heterocycles. The van der Waals surface area contributed by atoms with Gasteiger partial charge in [-0.25, -0.2) is 5.10 Å². The number of ether oxygens (including phenoxy) is 1. The molecule has 1 amide bonds. The summed E-state index contributed by atoms with van der Waals surface area (Å²) in [5.74, 6) is -0.110. The van der Waals surface area contributed by atoms with Crippen LogP contribution in [0.15, 0.2) is 59.4 Å². The van der Waals surface area contributed by atoms with Crippen molar-refractivity contribution in [3.63, 3.8) is 0 Å². The molecule has 220 valence electrons. The number of nitrogens with one attached hydrogen (secondary N) is 2. The molecule has 0 spiro atoms. The van der Waals surface area contributed by atoms with Crippen molar-refractivity contribution in [2.24, 2.45) is 0 Å². The van der Waals surface area contributed by atoms with Crippen LogP contribution in [0, 0.1) is 6.92 Å². The Bertz CT molecular complexity index is 1750. The smallest absolute Gasteiger partial charge is 0.322 e. The molecule has 42 heavy (non-hydrogen) atoms. The maximum atomic E-state index is 13.3. The summed E-state index contributed by atoms with van der Waals surface area (Å²) in [6.07, 6.45) is 2.10. The molecule has 4 heterocycles. The Labute approximate surface area is 247 Å². The number of benzene rings is 2. The van der Waals surface area contributed by atoms with Crippen molar-refractivity contribution in [2.45, 2.75) is 44.8 Å². The number of rotatable bonds is 8. The van der Waals surface area contributed by atoms with Gasteiger partial charge >= 0.3 is 4.87 Å². The summed E-state index contributed by atoms with van der Waals surface area (Å²) in [6.45, 7) is 3.75. The van der Waals surface area contributed by atoms with Crippen LogP contribution in [0.5, 0.6) is 5.75 Å². The van der Waals surface area contributed by atoms with Crippen LogP contribution < -0.4 is 14.9 Å². The number of aromatic nitrogens is 3. The van der Waals surface area contributed by atoms with Crippen LogP contribution >= 0.6 is 11.3 Å². The first-order chi connectivity index (χ1) is 20.3. The van der Waals surface area contributed by atoms with Gasteiger partial charge in [-0.15, -0.1) is 0 Å². The average molecular weight is 609 g/mol. The Morgan fingerprint density at radius 2 is 1.86 bits per heavy atom. The maximum Gasteiger partial charge on any atom is 0.322 e. The van der Waals surface area contributed by atoms with E-state index in [0.717, 1.165) is 46.3 Å². The molecule has 0 saturated carbocycles. The molecule has 2 saturated heterocycles. The lowest BCUT2D eigenvalue weighted by Gasteiger charge is -2.38. The highest BCUT2D eigenvalue weighted by molar-refractivity contribution is 7.86. The first kappa shape index (κ1) is 28.5. The van der Waals surface area contributed by atoms with Gasteiger partial charge in [-0.3, -0.25) is 14.6 Å².